The Bertz CT molecular complexity index is 756. The predicted molar refractivity (Wildman–Crippen MR) is 109 cm³/mol. The predicted octanol–water partition coefficient (Wildman–Crippen LogP) is 3.44. The molecule has 0 saturated heterocycles. The maximum atomic E-state index is 12.4. The standard InChI is InChI=1S/C21H29F2N3O4/c1-26(13-16-8-9-17(30-20(22)23)18(12-16)29-2)14-19(27)25-21(28)24-11-10-15-6-4-3-5-7-15/h6,8-9,12,20H,3-5,7,10-11,13-14H2,1-2H3,(H2,24,25,27,28). The summed E-state index contributed by atoms with van der Waals surface area (Å²) in [5.41, 5.74) is 2.10. The molecule has 1 aliphatic carbocycles. The van der Waals surface area contributed by atoms with Gasteiger partial charge in [0.15, 0.2) is 11.5 Å². The largest absolute Gasteiger partial charge is 0.493 e. The number of nitrogens with one attached hydrogen (secondary N) is 2. The Morgan fingerprint density at radius 1 is 1.23 bits per heavy atom. The molecule has 0 radical (unpaired) electrons. The summed E-state index contributed by atoms with van der Waals surface area (Å²) in [5.74, 6) is -0.313. The average Bonchev–Trinajstić information content (AvgIpc) is 2.69. The van der Waals surface area contributed by atoms with E-state index in [4.69, 9.17) is 4.74 Å². The lowest BCUT2D eigenvalue weighted by molar-refractivity contribution is -0.121. The number of imide groups is 1. The Labute approximate surface area is 175 Å². The molecule has 7 nitrogen and oxygen atoms in total. The van der Waals surface area contributed by atoms with Crippen molar-refractivity contribution in [2.24, 2.45) is 0 Å². The van der Waals surface area contributed by atoms with Crippen molar-refractivity contribution in [2.75, 3.05) is 27.2 Å². The first-order valence-electron chi connectivity index (χ1n) is 9.93. The van der Waals surface area contributed by atoms with E-state index in [9.17, 15) is 18.4 Å². The molecule has 166 valence electrons. The zero-order valence-electron chi connectivity index (χ0n) is 17.4. The van der Waals surface area contributed by atoms with Crippen molar-refractivity contribution in [3.63, 3.8) is 0 Å². The van der Waals surface area contributed by atoms with Crippen molar-refractivity contribution in [1.82, 2.24) is 15.5 Å². The second-order valence-electron chi connectivity index (χ2n) is 7.20. The minimum Gasteiger partial charge on any atom is -0.493 e. The number of carbonyl (C=O) groups excluding carboxylic acids is 2. The number of hydrogen-bond donors (Lipinski definition) is 2. The maximum Gasteiger partial charge on any atom is 0.387 e. The smallest absolute Gasteiger partial charge is 0.387 e. The number of halogens is 2. The summed E-state index contributed by atoms with van der Waals surface area (Å²) in [6.45, 7) is -2.10. The third-order valence-corrected chi connectivity index (χ3v) is 4.68. The van der Waals surface area contributed by atoms with Gasteiger partial charge >= 0.3 is 12.6 Å². The first-order chi connectivity index (χ1) is 14.4. The van der Waals surface area contributed by atoms with Gasteiger partial charge in [0, 0.05) is 13.1 Å². The van der Waals surface area contributed by atoms with E-state index < -0.39 is 18.5 Å². The van der Waals surface area contributed by atoms with E-state index in [0.29, 0.717) is 13.1 Å². The molecular formula is C21H29F2N3O4. The lowest BCUT2D eigenvalue weighted by Gasteiger charge is -2.18. The second kappa shape index (κ2) is 12.1. The molecule has 0 spiro atoms. The van der Waals surface area contributed by atoms with Gasteiger partial charge in [0.1, 0.15) is 0 Å². The first kappa shape index (κ1) is 23.6. The summed E-state index contributed by atoms with van der Waals surface area (Å²) in [7, 11) is 3.07. The average molecular weight is 425 g/mol. The molecule has 30 heavy (non-hydrogen) atoms. The molecule has 0 atom stereocenters. The van der Waals surface area contributed by atoms with Crippen LogP contribution in [0.15, 0.2) is 29.8 Å². The van der Waals surface area contributed by atoms with E-state index in [1.54, 1.807) is 24.1 Å². The number of hydrogen-bond acceptors (Lipinski definition) is 5. The third kappa shape index (κ3) is 8.36. The Hall–Kier alpha value is -2.68. The fraction of sp³-hybridized carbons (Fsp3) is 0.524. The monoisotopic (exact) mass is 425 g/mol. The van der Waals surface area contributed by atoms with Crippen LogP contribution in [0, 0.1) is 0 Å². The number of benzene rings is 1. The molecule has 0 unspecified atom stereocenters. The van der Waals surface area contributed by atoms with E-state index in [2.05, 4.69) is 21.4 Å². The summed E-state index contributed by atoms with van der Waals surface area (Å²) in [6.07, 6.45) is 7.61. The number of alkyl halides is 2. The molecule has 1 aromatic carbocycles. The minimum atomic E-state index is -2.94. The van der Waals surface area contributed by atoms with E-state index >= 15 is 0 Å². The molecule has 9 heteroatoms. The van der Waals surface area contributed by atoms with Gasteiger partial charge in [-0.15, -0.1) is 0 Å². The maximum absolute atomic E-state index is 12.4. The zero-order valence-corrected chi connectivity index (χ0v) is 17.4. The molecular weight excluding hydrogens is 396 g/mol. The topological polar surface area (TPSA) is 79.9 Å². The van der Waals surface area contributed by atoms with Crippen molar-refractivity contribution >= 4 is 11.9 Å². The van der Waals surface area contributed by atoms with E-state index in [1.165, 1.54) is 31.6 Å². The van der Waals surface area contributed by atoms with Crippen LogP contribution in [-0.2, 0) is 11.3 Å². The minimum absolute atomic E-state index is 0.00380. The number of likely N-dealkylation sites (N-methyl/N-ethyl adjacent to an activating group) is 1. The van der Waals surface area contributed by atoms with Gasteiger partial charge in [-0.05, 0) is 56.8 Å². The van der Waals surface area contributed by atoms with Crippen molar-refractivity contribution in [2.45, 2.75) is 45.3 Å². The fourth-order valence-electron chi connectivity index (χ4n) is 3.30. The first-order valence-corrected chi connectivity index (χ1v) is 9.93. The van der Waals surface area contributed by atoms with Crippen LogP contribution in [0.4, 0.5) is 13.6 Å². The van der Waals surface area contributed by atoms with Gasteiger partial charge in [-0.2, -0.15) is 8.78 Å². The molecule has 0 aliphatic heterocycles. The fourth-order valence-corrected chi connectivity index (χ4v) is 3.30. The highest BCUT2D eigenvalue weighted by Crippen LogP contribution is 2.29. The molecule has 0 bridgehead atoms. The van der Waals surface area contributed by atoms with Gasteiger partial charge in [0.2, 0.25) is 5.91 Å². The van der Waals surface area contributed by atoms with Crippen LogP contribution in [-0.4, -0.2) is 50.7 Å². The molecule has 3 amide bonds. The Morgan fingerprint density at radius 2 is 2.03 bits per heavy atom. The number of allylic oxidation sites excluding steroid dienone is 1. The Morgan fingerprint density at radius 3 is 2.70 bits per heavy atom. The number of amides is 3. The van der Waals surface area contributed by atoms with Gasteiger partial charge in [0.25, 0.3) is 0 Å². The van der Waals surface area contributed by atoms with Gasteiger partial charge in [-0.25, -0.2) is 4.79 Å². The second-order valence-corrected chi connectivity index (χ2v) is 7.20. The van der Waals surface area contributed by atoms with Crippen LogP contribution in [0.3, 0.4) is 0 Å². The summed E-state index contributed by atoms with van der Waals surface area (Å²) in [4.78, 5) is 25.6. The summed E-state index contributed by atoms with van der Waals surface area (Å²) >= 11 is 0. The highest BCUT2D eigenvalue weighted by atomic mass is 19.3. The van der Waals surface area contributed by atoms with Crippen LogP contribution in [0.2, 0.25) is 0 Å². The quantitative estimate of drug-likeness (QED) is 0.562. The number of methoxy groups -OCH3 is 1. The van der Waals surface area contributed by atoms with Gasteiger partial charge in [0.05, 0.1) is 13.7 Å². The zero-order chi connectivity index (χ0) is 21.9. The van der Waals surface area contributed by atoms with Crippen LogP contribution in [0.1, 0.15) is 37.7 Å². The van der Waals surface area contributed by atoms with Crippen molar-refractivity contribution in [3.05, 3.63) is 35.4 Å². The molecule has 1 aliphatic rings. The third-order valence-electron chi connectivity index (χ3n) is 4.68. The number of nitrogens with zero attached hydrogens (tertiary/aromatic N) is 1. The summed E-state index contributed by atoms with van der Waals surface area (Å²) in [5, 5.41) is 5.01. The SMILES string of the molecule is COc1cc(CN(C)CC(=O)NC(=O)NCCC2=CCCCC2)ccc1OC(F)F. The molecule has 0 fully saturated rings. The van der Waals surface area contributed by atoms with E-state index in [-0.39, 0.29) is 18.0 Å². The highest BCUT2D eigenvalue weighted by molar-refractivity contribution is 5.95. The van der Waals surface area contributed by atoms with Gasteiger partial charge in [-0.3, -0.25) is 15.0 Å². The molecule has 2 rings (SSSR count). The summed E-state index contributed by atoms with van der Waals surface area (Å²) < 4.78 is 34.3. The number of carbonyl (C=O) groups is 2. The normalized spacial score (nSPS) is 13.7. The van der Waals surface area contributed by atoms with E-state index in [1.807, 2.05) is 0 Å². The molecule has 0 saturated carbocycles. The Balaban J connectivity index is 1.74. The van der Waals surface area contributed by atoms with Gasteiger partial charge < -0.3 is 14.8 Å². The number of ether oxygens (including phenoxy) is 2. The molecule has 2 N–H and O–H groups in total. The van der Waals surface area contributed by atoms with Crippen molar-refractivity contribution in [3.8, 4) is 11.5 Å². The summed E-state index contributed by atoms with van der Waals surface area (Å²) in [6, 6.07) is 4.06. The van der Waals surface area contributed by atoms with Crippen LogP contribution >= 0.6 is 0 Å². The van der Waals surface area contributed by atoms with Crippen LogP contribution < -0.4 is 20.1 Å². The van der Waals surface area contributed by atoms with Crippen LogP contribution in [0.25, 0.3) is 0 Å². The highest BCUT2D eigenvalue weighted by Gasteiger charge is 2.14. The molecule has 0 heterocycles. The lowest BCUT2D eigenvalue weighted by atomic mass is 9.97. The number of rotatable bonds is 10. The Kier molecular flexibility index (Phi) is 9.53. The molecule has 1 aromatic rings. The number of urea groups is 1. The molecule has 0 aromatic heterocycles. The van der Waals surface area contributed by atoms with E-state index in [0.717, 1.165) is 24.8 Å². The lowest BCUT2D eigenvalue weighted by Crippen LogP contribution is -2.44. The van der Waals surface area contributed by atoms with Crippen molar-refractivity contribution in [1.29, 1.82) is 0 Å². The van der Waals surface area contributed by atoms with Crippen LogP contribution in [0.5, 0.6) is 11.5 Å². The van der Waals surface area contributed by atoms with Crippen molar-refractivity contribution < 1.29 is 27.8 Å². The van der Waals surface area contributed by atoms with Gasteiger partial charge in [-0.1, -0.05) is 17.7 Å².